The molecule has 4 N–H and O–H groups in total. The van der Waals surface area contributed by atoms with Gasteiger partial charge in [0.15, 0.2) is 5.13 Å². The number of amides is 1. The van der Waals surface area contributed by atoms with Gasteiger partial charge in [-0.3, -0.25) is 10.1 Å². The van der Waals surface area contributed by atoms with E-state index in [2.05, 4.69) is 20.7 Å². The summed E-state index contributed by atoms with van der Waals surface area (Å²) in [6.45, 7) is 1.88. The molecule has 0 bridgehead atoms. The lowest BCUT2D eigenvalue weighted by molar-refractivity contribution is 0.102. The number of carbonyl (C=O) groups excluding carboxylic acids is 1. The van der Waals surface area contributed by atoms with E-state index in [1.807, 2.05) is 36.6 Å². The molecule has 0 saturated carbocycles. The number of anilines is 2. The van der Waals surface area contributed by atoms with Gasteiger partial charge in [0.25, 0.3) is 5.91 Å². The van der Waals surface area contributed by atoms with Crippen molar-refractivity contribution >= 4 is 39.1 Å². The van der Waals surface area contributed by atoms with Crippen LogP contribution in [0.2, 0.25) is 0 Å². The number of thiazole rings is 1. The maximum atomic E-state index is 12.5. The molecule has 0 fully saturated rings. The predicted molar refractivity (Wildman–Crippen MR) is 84.4 cm³/mol. The van der Waals surface area contributed by atoms with Crippen LogP contribution in [0.25, 0.3) is 10.9 Å². The van der Waals surface area contributed by atoms with E-state index < -0.39 is 0 Å². The molecular weight excluding hydrogens is 286 g/mol. The maximum Gasteiger partial charge on any atom is 0.258 e. The first-order chi connectivity index (χ1) is 10.2. The average Bonchev–Trinajstić information content (AvgIpc) is 2.91. The molecule has 7 heteroatoms. The minimum absolute atomic E-state index is 0.237. The normalized spacial score (nSPS) is 10.6. The summed E-state index contributed by atoms with van der Waals surface area (Å²) in [5.41, 5.74) is 4.56. The molecule has 3 rings (SSSR count). The highest BCUT2D eigenvalue weighted by Gasteiger charge is 2.14. The number of hydrogen-bond donors (Lipinski definition) is 3. The summed E-state index contributed by atoms with van der Waals surface area (Å²) >= 11 is 1.39. The van der Waals surface area contributed by atoms with Crippen LogP contribution in [0.1, 0.15) is 16.1 Å². The third-order valence-corrected chi connectivity index (χ3v) is 3.82. The number of nitrogens with two attached hydrogens (primary N) is 1. The highest BCUT2D eigenvalue weighted by Crippen LogP contribution is 2.22. The van der Waals surface area contributed by atoms with Crippen LogP contribution in [-0.4, -0.2) is 15.9 Å². The van der Waals surface area contributed by atoms with Gasteiger partial charge in [-0.2, -0.15) is 0 Å². The van der Waals surface area contributed by atoms with Gasteiger partial charge in [-0.1, -0.05) is 18.2 Å². The van der Waals surface area contributed by atoms with E-state index in [0.29, 0.717) is 22.0 Å². The standard InChI is InChI=1S/C14H13N5OS/c1-8-7-21-14(16-8)18-13(20)10-6-12(19-15)17-11-5-3-2-4-9(10)11/h2-7H,15H2,1H3,(H,17,19)(H,16,18,20). The van der Waals surface area contributed by atoms with Gasteiger partial charge in [0.2, 0.25) is 0 Å². The fraction of sp³-hybridized carbons (Fsp3) is 0.0714. The lowest BCUT2D eigenvalue weighted by Gasteiger charge is -2.08. The van der Waals surface area contributed by atoms with Gasteiger partial charge in [-0.05, 0) is 19.1 Å². The number of aromatic nitrogens is 2. The Balaban J connectivity index is 2.03. The summed E-state index contributed by atoms with van der Waals surface area (Å²) in [6, 6.07) is 9.04. The maximum absolute atomic E-state index is 12.5. The van der Waals surface area contributed by atoms with Crippen molar-refractivity contribution in [1.82, 2.24) is 9.97 Å². The molecule has 0 aliphatic rings. The number of carbonyl (C=O) groups is 1. The molecule has 2 aromatic heterocycles. The Hall–Kier alpha value is -2.51. The van der Waals surface area contributed by atoms with Crippen LogP contribution >= 0.6 is 11.3 Å². The SMILES string of the molecule is Cc1csc(NC(=O)c2cc(NN)nc3ccccc23)n1. The number of aryl methyl sites for hydroxylation is 1. The summed E-state index contributed by atoms with van der Waals surface area (Å²) in [5, 5.41) is 6.01. The Morgan fingerprint density at radius 1 is 1.29 bits per heavy atom. The van der Waals surface area contributed by atoms with Gasteiger partial charge in [-0.15, -0.1) is 11.3 Å². The van der Waals surface area contributed by atoms with E-state index in [0.717, 1.165) is 11.1 Å². The molecule has 1 amide bonds. The van der Waals surface area contributed by atoms with Crippen molar-refractivity contribution in [3.05, 3.63) is 47.0 Å². The molecule has 3 aromatic rings. The van der Waals surface area contributed by atoms with E-state index in [1.165, 1.54) is 11.3 Å². The van der Waals surface area contributed by atoms with Crippen molar-refractivity contribution in [1.29, 1.82) is 0 Å². The number of fused-ring (bicyclic) bond motifs is 1. The first kappa shape index (κ1) is 13.5. The topological polar surface area (TPSA) is 92.9 Å². The van der Waals surface area contributed by atoms with Gasteiger partial charge in [0.05, 0.1) is 16.8 Å². The van der Waals surface area contributed by atoms with Crippen LogP contribution in [0.15, 0.2) is 35.7 Å². The minimum Gasteiger partial charge on any atom is -0.308 e. The molecule has 0 radical (unpaired) electrons. The average molecular weight is 299 g/mol. The van der Waals surface area contributed by atoms with Crippen molar-refractivity contribution in [2.45, 2.75) is 6.92 Å². The number of pyridine rings is 1. The van der Waals surface area contributed by atoms with Crippen LogP contribution in [0.5, 0.6) is 0 Å². The molecule has 2 heterocycles. The predicted octanol–water partition coefficient (Wildman–Crippen LogP) is 2.54. The lowest BCUT2D eigenvalue weighted by atomic mass is 10.1. The third kappa shape index (κ3) is 2.69. The minimum atomic E-state index is -0.237. The van der Waals surface area contributed by atoms with Gasteiger partial charge in [0.1, 0.15) is 5.82 Å². The molecule has 0 unspecified atom stereocenters. The summed E-state index contributed by atoms with van der Waals surface area (Å²) in [7, 11) is 0. The molecule has 0 atom stereocenters. The van der Waals surface area contributed by atoms with Crippen molar-refractivity contribution < 1.29 is 4.79 Å². The zero-order chi connectivity index (χ0) is 14.8. The molecule has 1 aromatic carbocycles. The number of hydrazine groups is 1. The Kier molecular flexibility index (Phi) is 3.51. The number of nitrogens with zero attached hydrogens (tertiary/aromatic N) is 2. The van der Waals surface area contributed by atoms with Crippen LogP contribution in [-0.2, 0) is 0 Å². The second kappa shape index (κ2) is 5.47. The second-order valence-electron chi connectivity index (χ2n) is 4.46. The molecule has 0 saturated heterocycles. The first-order valence-electron chi connectivity index (χ1n) is 6.27. The first-order valence-corrected chi connectivity index (χ1v) is 7.15. The zero-order valence-electron chi connectivity index (χ0n) is 11.3. The Labute approximate surface area is 125 Å². The molecule has 0 aliphatic carbocycles. The molecule has 0 aliphatic heterocycles. The van der Waals surface area contributed by atoms with Crippen LogP contribution in [0.3, 0.4) is 0 Å². The van der Waals surface area contributed by atoms with E-state index in [9.17, 15) is 4.79 Å². The smallest absolute Gasteiger partial charge is 0.258 e. The fourth-order valence-corrected chi connectivity index (χ4v) is 2.70. The van der Waals surface area contributed by atoms with Crippen LogP contribution in [0.4, 0.5) is 10.9 Å². The molecule has 106 valence electrons. The summed E-state index contributed by atoms with van der Waals surface area (Å²) in [6.07, 6.45) is 0. The van der Waals surface area contributed by atoms with E-state index in [-0.39, 0.29) is 5.91 Å². The highest BCUT2D eigenvalue weighted by molar-refractivity contribution is 7.13. The second-order valence-corrected chi connectivity index (χ2v) is 5.32. The van der Waals surface area contributed by atoms with Crippen molar-refractivity contribution in [3.63, 3.8) is 0 Å². The highest BCUT2D eigenvalue weighted by atomic mass is 32.1. The van der Waals surface area contributed by atoms with E-state index in [4.69, 9.17) is 5.84 Å². The monoisotopic (exact) mass is 299 g/mol. The van der Waals surface area contributed by atoms with Gasteiger partial charge in [0, 0.05) is 10.8 Å². The number of rotatable bonds is 3. The number of nitrogen functional groups attached to an aromatic ring is 1. The largest absolute Gasteiger partial charge is 0.308 e. The number of para-hydroxylation sites is 1. The van der Waals surface area contributed by atoms with Gasteiger partial charge in [-0.25, -0.2) is 15.8 Å². The number of hydrogen-bond acceptors (Lipinski definition) is 6. The van der Waals surface area contributed by atoms with Gasteiger partial charge < -0.3 is 5.43 Å². The van der Waals surface area contributed by atoms with E-state index >= 15 is 0 Å². The van der Waals surface area contributed by atoms with Gasteiger partial charge >= 0.3 is 0 Å². The molecule has 6 nitrogen and oxygen atoms in total. The van der Waals surface area contributed by atoms with Crippen molar-refractivity contribution in [3.8, 4) is 0 Å². The van der Waals surface area contributed by atoms with E-state index in [1.54, 1.807) is 6.07 Å². The molecular formula is C14H13N5OS. The lowest BCUT2D eigenvalue weighted by Crippen LogP contribution is -2.15. The Bertz CT molecular complexity index is 814. The van der Waals surface area contributed by atoms with Crippen LogP contribution < -0.4 is 16.6 Å². The zero-order valence-corrected chi connectivity index (χ0v) is 12.1. The Morgan fingerprint density at radius 3 is 2.81 bits per heavy atom. The van der Waals surface area contributed by atoms with Crippen molar-refractivity contribution in [2.24, 2.45) is 5.84 Å². The number of benzene rings is 1. The summed E-state index contributed by atoms with van der Waals surface area (Å²) in [4.78, 5) is 21.0. The quantitative estimate of drug-likeness (QED) is 0.510. The van der Waals surface area contributed by atoms with Crippen LogP contribution in [0, 0.1) is 6.92 Å². The third-order valence-electron chi connectivity index (χ3n) is 2.95. The number of nitrogens with one attached hydrogen (secondary N) is 2. The summed E-state index contributed by atoms with van der Waals surface area (Å²) < 4.78 is 0. The van der Waals surface area contributed by atoms with Crippen molar-refractivity contribution in [2.75, 3.05) is 10.7 Å². The summed E-state index contributed by atoms with van der Waals surface area (Å²) in [5.74, 6) is 5.61. The Morgan fingerprint density at radius 2 is 2.10 bits per heavy atom. The molecule has 0 spiro atoms. The fourth-order valence-electron chi connectivity index (χ4n) is 2.01. The molecule has 21 heavy (non-hydrogen) atoms.